The standard InChI is InChI=1S/C27H29NO3/c29-27(30)23-14-12-20(13-15-23)18-21(19-28-24-8-2-3-9-24)16-17-31-26-11-5-7-22-6-1-4-10-25(22)26/h1,4-7,10-15,18,24,28H,2-3,8-9,16-17,19H2,(H,29,30)/b21-18-. The van der Waals surface area contributed by atoms with Crippen molar-refractivity contribution in [2.75, 3.05) is 13.2 Å². The zero-order chi connectivity index (χ0) is 21.5. The van der Waals surface area contributed by atoms with Gasteiger partial charge in [0.15, 0.2) is 0 Å². The maximum atomic E-state index is 11.1. The average Bonchev–Trinajstić information content (AvgIpc) is 3.31. The van der Waals surface area contributed by atoms with Gasteiger partial charge < -0.3 is 15.2 Å². The molecule has 0 aromatic heterocycles. The van der Waals surface area contributed by atoms with Crippen molar-refractivity contribution in [2.24, 2.45) is 0 Å². The second-order valence-corrected chi connectivity index (χ2v) is 8.17. The molecule has 2 N–H and O–H groups in total. The molecule has 0 atom stereocenters. The predicted molar refractivity (Wildman–Crippen MR) is 126 cm³/mol. The summed E-state index contributed by atoms with van der Waals surface area (Å²) in [5.74, 6) is 0.00848. The van der Waals surface area contributed by atoms with E-state index in [1.165, 1.54) is 36.6 Å². The fourth-order valence-electron chi connectivity index (χ4n) is 4.19. The molecule has 3 aromatic carbocycles. The highest BCUT2D eigenvalue weighted by Gasteiger charge is 2.14. The van der Waals surface area contributed by atoms with Crippen molar-refractivity contribution in [1.29, 1.82) is 0 Å². The Bertz CT molecular complexity index is 1040. The number of ether oxygens (including phenoxy) is 1. The largest absolute Gasteiger partial charge is 0.493 e. The fraction of sp³-hybridized carbons (Fsp3) is 0.296. The number of carbonyl (C=O) groups is 1. The van der Waals surface area contributed by atoms with E-state index in [2.05, 4.69) is 29.6 Å². The summed E-state index contributed by atoms with van der Waals surface area (Å²) < 4.78 is 6.16. The van der Waals surface area contributed by atoms with Gasteiger partial charge in [0.05, 0.1) is 12.2 Å². The highest BCUT2D eigenvalue weighted by atomic mass is 16.5. The third kappa shape index (κ3) is 5.74. The lowest BCUT2D eigenvalue weighted by Crippen LogP contribution is -2.28. The first-order valence-electron chi connectivity index (χ1n) is 11.1. The Morgan fingerprint density at radius 1 is 1.00 bits per heavy atom. The Hall–Kier alpha value is -3.11. The molecule has 0 unspecified atom stereocenters. The molecule has 1 fully saturated rings. The van der Waals surface area contributed by atoms with Crippen LogP contribution in [0.1, 0.15) is 48.0 Å². The van der Waals surface area contributed by atoms with Crippen molar-refractivity contribution in [3.63, 3.8) is 0 Å². The van der Waals surface area contributed by atoms with Crippen LogP contribution in [0.25, 0.3) is 16.8 Å². The molecule has 4 rings (SSSR count). The smallest absolute Gasteiger partial charge is 0.335 e. The first-order valence-corrected chi connectivity index (χ1v) is 11.1. The molecule has 0 bridgehead atoms. The lowest BCUT2D eigenvalue weighted by molar-refractivity contribution is 0.0697. The van der Waals surface area contributed by atoms with Crippen molar-refractivity contribution in [1.82, 2.24) is 5.32 Å². The minimum absolute atomic E-state index is 0.307. The van der Waals surface area contributed by atoms with Gasteiger partial charge in [-0.15, -0.1) is 0 Å². The Morgan fingerprint density at radius 3 is 2.52 bits per heavy atom. The minimum Gasteiger partial charge on any atom is -0.493 e. The third-order valence-electron chi connectivity index (χ3n) is 5.93. The van der Waals surface area contributed by atoms with Gasteiger partial charge in [0.1, 0.15) is 5.75 Å². The topological polar surface area (TPSA) is 58.6 Å². The van der Waals surface area contributed by atoms with Crippen LogP contribution in [0.3, 0.4) is 0 Å². The molecule has 0 spiro atoms. The Kier molecular flexibility index (Phi) is 7.00. The lowest BCUT2D eigenvalue weighted by atomic mass is 10.1. The molecule has 3 aromatic rings. The Morgan fingerprint density at radius 2 is 1.74 bits per heavy atom. The highest BCUT2D eigenvalue weighted by Crippen LogP contribution is 2.26. The number of fused-ring (bicyclic) bond motifs is 1. The normalized spacial score (nSPS) is 14.8. The molecule has 0 saturated heterocycles. The van der Waals surface area contributed by atoms with Crippen molar-refractivity contribution >= 4 is 22.8 Å². The lowest BCUT2D eigenvalue weighted by Gasteiger charge is -2.16. The van der Waals surface area contributed by atoms with Crippen LogP contribution in [0.4, 0.5) is 0 Å². The first-order chi connectivity index (χ1) is 15.2. The molecule has 4 heteroatoms. The van der Waals surface area contributed by atoms with E-state index in [0.29, 0.717) is 18.2 Å². The van der Waals surface area contributed by atoms with Crippen molar-refractivity contribution < 1.29 is 14.6 Å². The molecular formula is C27H29NO3. The molecule has 1 aliphatic rings. The SMILES string of the molecule is O=C(O)c1ccc(/C=C(/CCOc2cccc3ccccc23)CNC2CCCC2)cc1. The molecule has 1 aliphatic carbocycles. The molecule has 0 aliphatic heterocycles. The molecule has 0 heterocycles. The molecular weight excluding hydrogens is 386 g/mol. The van der Waals surface area contributed by atoms with Crippen LogP contribution in [0.2, 0.25) is 0 Å². The van der Waals surface area contributed by atoms with Gasteiger partial charge >= 0.3 is 5.97 Å². The highest BCUT2D eigenvalue weighted by molar-refractivity contribution is 5.88. The molecule has 31 heavy (non-hydrogen) atoms. The molecule has 0 amide bonds. The van der Waals surface area contributed by atoms with E-state index >= 15 is 0 Å². The summed E-state index contributed by atoms with van der Waals surface area (Å²) in [6.45, 7) is 1.42. The van der Waals surface area contributed by atoms with Crippen molar-refractivity contribution in [2.45, 2.75) is 38.1 Å². The van der Waals surface area contributed by atoms with Crippen LogP contribution >= 0.6 is 0 Å². The van der Waals surface area contributed by atoms with Crippen LogP contribution in [0, 0.1) is 0 Å². The second-order valence-electron chi connectivity index (χ2n) is 8.17. The summed E-state index contributed by atoms with van der Waals surface area (Å²) in [5, 5.41) is 15.1. The van der Waals surface area contributed by atoms with Crippen LogP contribution < -0.4 is 10.1 Å². The van der Waals surface area contributed by atoms with Gasteiger partial charge in [-0.3, -0.25) is 0 Å². The van der Waals surface area contributed by atoms with E-state index in [-0.39, 0.29) is 0 Å². The quantitative estimate of drug-likeness (QED) is 0.455. The molecule has 160 valence electrons. The van der Waals surface area contributed by atoms with E-state index in [0.717, 1.165) is 29.7 Å². The van der Waals surface area contributed by atoms with Crippen molar-refractivity contribution in [3.8, 4) is 5.75 Å². The van der Waals surface area contributed by atoms with Gasteiger partial charge in [0.25, 0.3) is 0 Å². The minimum atomic E-state index is -0.901. The van der Waals surface area contributed by atoms with Crippen LogP contribution in [0.5, 0.6) is 5.75 Å². The predicted octanol–water partition coefficient (Wildman–Crippen LogP) is 5.92. The van der Waals surface area contributed by atoms with Crippen molar-refractivity contribution in [3.05, 3.63) is 83.4 Å². The van der Waals surface area contributed by atoms with E-state index in [4.69, 9.17) is 9.84 Å². The number of carboxylic acid groups (broad SMARTS) is 1. The summed E-state index contributed by atoms with van der Waals surface area (Å²) in [7, 11) is 0. The van der Waals surface area contributed by atoms with E-state index in [1.54, 1.807) is 12.1 Å². The fourth-order valence-corrected chi connectivity index (χ4v) is 4.19. The number of nitrogens with one attached hydrogen (secondary N) is 1. The molecule has 4 nitrogen and oxygen atoms in total. The van der Waals surface area contributed by atoms with Gasteiger partial charge in [0, 0.05) is 24.4 Å². The third-order valence-corrected chi connectivity index (χ3v) is 5.93. The Balaban J connectivity index is 1.44. The van der Waals surface area contributed by atoms with E-state index < -0.39 is 5.97 Å². The molecule has 0 radical (unpaired) electrons. The molecule has 1 saturated carbocycles. The number of aromatic carboxylic acids is 1. The summed E-state index contributed by atoms with van der Waals surface area (Å²) in [5.41, 5.74) is 2.58. The maximum Gasteiger partial charge on any atom is 0.335 e. The zero-order valence-electron chi connectivity index (χ0n) is 17.7. The number of benzene rings is 3. The van der Waals surface area contributed by atoms with E-state index in [1.807, 2.05) is 36.4 Å². The maximum absolute atomic E-state index is 11.1. The summed E-state index contributed by atoms with van der Waals surface area (Å²) in [6.07, 6.45) is 8.05. The van der Waals surface area contributed by atoms with Gasteiger partial charge in [-0.2, -0.15) is 0 Å². The average molecular weight is 416 g/mol. The van der Waals surface area contributed by atoms with E-state index in [9.17, 15) is 4.79 Å². The number of hydrogen-bond acceptors (Lipinski definition) is 3. The monoisotopic (exact) mass is 415 g/mol. The van der Waals surface area contributed by atoms with Crippen LogP contribution in [-0.4, -0.2) is 30.3 Å². The van der Waals surface area contributed by atoms with Gasteiger partial charge in [-0.05, 0) is 42.0 Å². The van der Waals surface area contributed by atoms with Crippen LogP contribution in [-0.2, 0) is 0 Å². The Labute approximate surface area is 183 Å². The number of carboxylic acids is 1. The number of hydrogen-bond donors (Lipinski definition) is 2. The van der Waals surface area contributed by atoms with Gasteiger partial charge in [-0.25, -0.2) is 4.79 Å². The summed E-state index contributed by atoms with van der Waals surface area (Å²) in [6, 6.07) is 22.0. The second kappa shape index (κ2) is 10.3. The summed E-state index contributed by atoms with van der Waals surface area (Å²) >= 11 is 0. The van der Waals surface area contributed by atoms with Crippen LogP contribution in [0.15, 0.2) is 72.3 Å². The van der Waals surface area contributed by atoms with Gasteiger partial charge in [-0.1, -0.05) is 73.0 Å². The van der Waals surface area contributed by atoms with Gasteiger partial charge in [0.2, 0.25) is 0 Å². The zero-order valence-corrected chi connectivity index (χ0v) is 17.7. The number of rotatable bonds is 9. The summed E-state index contributed by atoms with van der Waals surface area (Å²) in [4.78, 5) is 11.1. The first kappa shape index (κ1) is 21.1.